The third-order valence-electron chi connectivity index (χ3n) is 2.55. The van der Waals surface area contributed by atoms with Crippen LogP contribution in [0.25, 0.3) is 0 Å². The Kier molecular flexibility index (Phi) is 4.08. The number of nitrogens with one attached hydrogen (secondary N) is 1. The van der Waals surface area contributed by atoms with Gasteiger partial charge in [0.15, 0.2) is 0 Å². The van der Waals surface area contributed by atoms with Crippen molar-refractivity contribution >= 4 is 10.0 Å². The first kappa shape index (κ1) is 13.9. The lowest BCUT2D eigenvalue weighted by molar-refractivity contribution is 0.384. The first-order valence-corrected chi connectivity index (χ1v) is 7.18. The monoisotopic (exact) mass is 284 g/mol. The minimum absolute atomic E-state index is 0.0488. The van der Waals surface area contributed by atoms with Crippen LogP contribution in [0.1, 0.15) is 11.5 Å². The Balaban J connectivity index is 1.94. The van der Waals surface area contributed by atoms with Crippen molar-refractivity contribution in [1.29, 1.82) is 0 Å². The Morgan fingerprint density at radius 2 is 1.89 bits per heavy atom. The average molecular weight is 284 g/mol. The fraction of sp³-hybridized carbons (Fsp3) is 0.333. The van der Waals surface area contributed by atoms with E-state index in [-0.39, 0.29) is 5.09 Å². The van der Waals surface area contributed by atoms with Crippen molar-refractivity contribution in [2.24, 2.45) is 0 Å². The van der Waals surface area contributed by atoms with E-state index in [4.69, 9.17) is 8.83 Å². The molecule has 2 rings (SSSR count). The minimum Gasteiger partial charge on any atom is -0.468 e. The second-order valence-corrected chi connectivity index (χ2v) is 6.27. The molecule has 19 heavy (non-hydrogen) atoms. The smallest absolute Gasteiger partial charge is 0.275 e. The molecule has 0 saturated heterocycles. The van der Waals surface area contributed by atoms with Gasteiger partial charge >= 0.3 is 0 Å². The van der Waals surface area contributed by atoms with E-state index in [1.54, 1.807) is 12.3 Å². The predicted octanol–water partition coefficient (Wildman–Crippen LogP) is 1.41. The maximum atomic E-state index is 11.8. The Morgan fingerprint density at radius 1 is 1.16 bits per heavy atom. The summed E-state index contributed by atoms with van der Waals surface area (Å²) in [5.74, 6) is 1.37. The highest BCUT2D eigenvalue weighted by Gasteiger charge is 2.21. The number of hydrogen-bond donors (Lipinski definition) is 1. The third kappa shape index (κ3) is 3.25. The molecular formula is C12H16N2O4S. The normalized spacial score (nSPS) is 12.2. The van der Waals surface area contributed by atoms with Crippen molar-refractivity contribution in [1.82, 2.24) is 9.62 Å². The van der Waals surface area contributed by atoms with Gasteiger partial charge < -0.3 is 14.2 Å². The Morgan fingerprint density at radius 3 is 2.53 bits per heavy atom. The van der Waals surface area contributed by atoms with Gasteiger partial charge in [0.1, 0.15) is 11.5 Å². The highest BCUT2D eigenvalue weighted by Crippen LogP contribution is 2.16. The van der Waals surface area contributed by atoms with Crippen LogP contribution in [0.2, 0.25) is 0 Å². The molecule has 0 bridgehead atoms. The van der Waals surface area contributed by atoms with Gasteiger partial charge in [-0.2, -0.15) is 0 Å². The van der Waals surface area contributed by atoms with Crippen LogP contribution < -0.4 is 5.32 Å². The molecule has 2 aromatic heterocycles. The van der Waals surface area contributed by atoms with Gasteiger partial charge in [0.05, 0.1) is 19.4 Å². The van der Waals surface area contributed by atoms with E-state index in [2.05, 4.69) is 5.32 Å². The summed E-state index contributed by atoms with van der Waals surface area (Å²) < 4.78 is 35.2. The fourth-order valence-corrected chi connectivity index (χ4v) is 2.31. The van der Waals surface area contributed by atoms with E-state index in [0.29, 0.717) is 18.8 Å². The maximum absolute atomic E-state index is 11.8. The van der Waals surface area contributed by atoms with Crippen molar-refractivity contribution in [2.45, 2.75) is 18.2 Å². The molecule has 0 aliphatic heterocycles. The van der Waals surface area contributed by atoms with E-state index in [1.165, 1.54) is 20.2 Å². The van der Waals surface area contributed by atoms with Crippen molar-refractivity contribution in [3.05, 3.63) is 42.0 Å². The number of nitrogens with zero attached hydrogens (tertiary/aromatic N) is 1. The lowest BCUT2D eigenvalue weighted by Gasteiger charge is -2.07. The molecule has 0 unspecified atom stereocenters. The SMILES string of the molecule is CN(C)S(=O)(=O)c1ccc(CNCc2ccco2)o1. The molecule has 0 fully saturated rings. The van der Waals surface area contributed by atoms with Gasteiger partial charge in [-0.3, -0.25) is 0 Å². The van der Waals surface area contributed by atoms with Crippen LogP contribution in [-0.2, 0) is 23.1 Å². The molecule has 0 aliphatic rings. The molecule has 0 aliphatic carbocycles. The van der Waals surface area contributed by atoms with Crippen molar-refractivity contribution in [2.75, 3.05) is 14.1 Å². The van der Waals surface area contributed by atoms with Gasteiger partial charge in [0.2, 0.25) is 5.09 Å². The molecule has 2 heterocycles. The zero-order valence-electron chi connectivity index (χ0n) is 10.8. The van der Waals surface area contributed by atoms with E-state index in [0.717, 1.165) is 10.1 Å². The highest BCUT2D eigenvalue weighted by molar-refractivity contribution is 7.88. The van der Waals surface area contributed by atoms with Gasteiger partial charge in [0.25, 0.3) is 10.0 Å². The van der Waals surface area contributed by atoms with Crippen molar-refractivity contribution in [3.63, 3.8) is 0 Å². The summed E-state index contributed by atoms with van der Waals surface area (Å²) in [5, 5.41) is 3.05. The first-order chi connectivity index (χ1) is 9.00. The zero-order valence-corrected chi connectivity index (χ0v) is 11.6. The minimum atomic E-state index is -3.50. The molecular weight excluding hydrogens is 268 g/mol. The predicted molar refractivity (Wildman–Crippen MR) is 68.8 cm³/mol. The van der Waals surface area contributed by atoms with E-state index >= 15 is 0 Å². The summed E-state index contributed by atoms with van der Waals surface area (Å²) >= 11 is 0. The molecule has 0 saturated carbocycles. The second-order valence-electron chi connectivity index (χ2n) is 4.19. The number of furan rings is 2. The van der Waals surface area contributed by atoms with Crippen LogP contribution >= 0.6 is 0 Å². The molecule has 6 nitrogen and oxygen atoms in total. The number of hydrogen-bond acceptors (Lipinski definition) is 5. The van der Waals surface area contributed by atoms with Gasteiger partial charge in [-0.25, -0.2) is 12.7 Å². The summed E-state index contributed by atoms with van der Waals surface area (Å²) in [4.78, 5) is 0. The average Bonchev–Trinajstić information content (AvgIpc) is 2.99. The third-order valence-corrected chi connectivity index (χ3v) is 4.24. The Bertz CT molecular complexity index is 614. The molecule has 0 amide bonds. The van der Waals surface area contributed by atoms with Crippen LogP contribution in [-0.4, -0.2) is 26.8 Å². The lowest BCUT2D eigenvalue weighted by atomic mass is 10.4. The first-order valence-electron chi connectivity index (χ1n) is 5.74. The van der Waals surface area contributed by atoms with E-state index < -0.39 is 10.0 Å². The lowest BCUT2D eigenvalue weighted by Crippen LogP contribution is -2.21. The van der Waals surface area contributed by atoms with Gasteiger partial charge in [-0.15, -0.1) is 0 Å². The highest BCUT2D eigenvalue weighted by atomic mass is 32.2. The topological polar surface area (TPSA) is 75.7 Å². The summed E-state index contributed by atoms with van der Waals surface area (Å²) in [7, 11) is -0.574. The van der Waals surface area contributed by atoms with E-state index in [9.17, 15) is 8.42 Å². The zero-order chi connectivity index (χ0) is 13.9. The molecule has 0 atom stereocenters. The van der Waals surface area contributed by atoms with Crippen LogP contribution in [0.15, 0.2) is 44.5 Å². The molecule has 104 valence electrons. The maximum Gasteiger partial charge on any atom is 0.275 e. The summed E-state index contributed by atoms with van der Waals surface area (Å²) in [6, 6.07) is 6.77. The summed E-state index contributed by atoms with van der Waals surface area (Å²) in [6.07, 6.45) is 1.60. The van der Waals surface area contributed by atoms with Gasteiger partial charge in [0, 0.05) is 14.1 Å². The van der Waals surface area contributed by atoms with E-state index in [1.807, 2.05) is 12.1 Å². The number of rotatable bonds is 6. The molecule has 7 heteroatoms. The second kappa shape index (κ2) is 5.60. The fourth-order valence-electron chi connectivity index (χ4n) is 1.49. The Labute approximate surface area is 112 Å². The number of sulfonamides is 1. The van der Waals surface area contributed by atoms with Gasteiger partial charge in [-0.1, -0.05) is 0 Å². The molecule has 0 spiro atoms. The molecule has 1 N–H and O–H groups in total. The largest absolute Gasteiger partial charge is 0.468 e. The standard InChI is InChI=1S/C12H16N2O4S/c1-14(2)19(15,16)12-6-5-11(18-12)9-13-8-10-4-3-7-17-10/h3-7,13H,8-9H2,1-2H3. The molecule has 0 aromatic carbocycles. The quantitative estimate of drug-likeness (QED) is 0.868. The Hall–Kier alpha value is -1.57. The van der Waals surface area contributed by atoms with Crippen LogP contribution in [0.4, 0.5) is 0 Å². The molecule has 2 aromatic rings. The van der Waals surface area contributed by atoms with Crippen LogP contribution in [0.5, 0.6) is 0 Å². The van der Waals surface area contributed by atoms with Crippen LogP contribution in [0, 0.1) is 0 Å². The summed E-state index contributed by atoms with van der Waals surface area (Å²) in [5.41, 5.74) is 0. The van der Waals surface area contributed by atoms with Crippen LogP contribution in [0.3, 0.4) is 0 Å². The molecule has 0 radical (unpaired) electrons. The summed E-state index contributed by atoms with van der Waals surface area (Å²) in [6.45, 7) is 0.993. The van der Waals surface area contributed by atoms with Crippen molar-refractivity contribution < 1.29 is 17.3 Å². The van der Waals surface area contributed by atoms with Crippen molar-refractivity contribution in [3.8, 4) is 0 Å². The van der Waals surface area contributed by atoms with Gasteiger partial charge in [-0.05, 0) is 24.3 Å².